The number of amides is 1. The molecule has 0 aliphatic heterocycles. The quantitative estimate of drug-likeness (QED) is 0.848. The normalized spacial score (nSPS) is 22.0. The average molecular weight is 319 g/mol. The Morgan fingerprint density at radius 3 is 2.70 bits per heavy atom. The Labute approximate surface area is 137 Å². The van der Waals surface area contributed by atoms with Crippen molar-refractivity contribution in [3.8, 4) is 5.75 Å². The maximum absolute atomic E-state index is 12.2. The summed E-state index contributed by atoms with van der Waals surface area (Å²) in [7, 11) is 1.53. The Hall–Kier alpha value is -2.04. The summed E-state index contributed by atoms with van der Waals surface area (Å²) in [6.45, 7) is 3.75. The highest BCUT2D eigenvalue weighted by Gasteiger charge is 2.26. The molecule has 1 saturated carbocycles. The van der Waals surface area contributed by atoms with Crippen molar-refractivity contribution in [2.75, 3.05) is 7.11 Å². The number of hydrogen-bond donors (Lipinski definition) is 1. The number of methoxy groups -OCH3 is 1. The third kappa shape index (κ3) is 4.71. The van der Waals surface area contributed by atoms with Crippen molar-refractivity contribution in [1.82, 2.24) is 5.32 Å². The second kappa shape index (κ2) is 7.99. The van der Waals surface area contributed by atoms with Gasteiger partial charge in [-0.3, -0.25) is 4.79 Å². The molecule has 5 nitrogen and oxygen atoms in total. The maximum Gasteiger partial charge on any atom is 0.339 e. The molecule has 0 aromatic heterocycles. The van der Waals surface area contributed by atoms with E-state index in [2.05, 4.69) is 12.2 Å². The lowest BCUT2D eigenvalue weighted by molar-refractivity contribution is -0.130. The molecule has 5 heteroatoms. The van der Waals surface area contributed by atoms with E-state index in [1.807, 2.05) is 0 Å². The van der Waals surface area contributed by atoms with Gasteiger partial charge in [0.1, 0.15) is 5.75 Å². The van der Waals surface area contributed by atoms with Crippen molar-refractivity contribution in [1.29, 1.82) is 0 Å². The van der Waals surface area contributed by atoms with Crippen LogP contribution in [0.15, 0.2) is 24.3 Å². The molecule has 0 radical (unpaired) electrons. The number of benzene rings is 1. The first-order chi connectivity index (χ1) is 11.0. The van der Waals surface area contributed by atoms with E-state index >= 15 is 0 Å². The molecule has 126 valence electrons. The van der Waals surface area contributed by atoms with E-state index in [0.717, 1.165) is 19.3 Å². The maximum atomic E-state index is 12.2. The van der Waals surface area contributed by atoms with E-state index in [1.165, 1.54) is 13.5 Å². The van der Waals surface area contributed by atoms with Gasteiger partial charge in [0.2, 0.25) is 0 Å². The number of ether oxygens (including phenoxy) is 2. The molecule has 0 unspecified atom stereocenters. The number of carbonyl (C=O) groups excluding carboxylic acids is 2. The van der Waals surface area contributed by atoms with Gasteiger partial charge in [0.05, 0.1) is 12.7 Å². The molecular formula is C18H25NO4. The Morgan fingerprint density at radius 2 is 2.00 bits per heavy atom. The summed E-state index contributed by atoms with van der Waals surface area (Å²) in [6, 6.07) is 6.87. The number of nitrogens with one attached hydrogen (secondary N) is 1. The minimum Gasteiger partial charge on any atom is -0.497 e. The van der Waals surface area contributed by atoms with Gasteiger partial charge in [0.25, 0.3) is 5.91 Å². The van der Waals surface area contributed by atoms with Gasteiger partial charge in [-0.2, -0.15) is 0 Å². The van der Waals surface area contributed by atoms with Crippen molar-refractivity contribution < 1.29 is 19.1 Å². The summed E-state index contributed by atoms with van der Waals surface area (Å²) < 4.78 is 10.4. The van der Waals surface area contributed by atoms with E-state index in [0.29, 0.717) is 17.2 Å². The summed E-state index contributed by atoms with van der Waals surface area (Å²) >= 11 is 0. The van der Waals surface area contributed by atoms with E-state index < -0.39 is 12.1 Å². The zero-order valence-corrected chi connectivity index (χ0v) is 14.0. The van der Waals surface area contributed by atoms with Crippen molar-refractivity contribution in [2.45, 2.75) is 51.7 Å². The van der Waals surface area contributed by atoms with Crippen molar-refractivity contribution in [3.63, 3.8) is 0 Å². The van der Waals surface area contributed by atoms with Crippen LogP contribution in [0, 0.1) is 5.92 Å². The van der Waals surface area contributed by atoms with Crippen LogP contribution in [-0.4, -0.2) is 31.1 Å². The molecule has 0 saturated heterocycles. The minimum absolute atomic E-state index is 0.175. The Morgan fingerprint density at radius 1 is 1.26 bits per heavy atom. The Balaban J connectivity index is 1.90. The molecule has 0 spiro atoms. The fraction of sp³-hybridized carbons (Fsp3) is 0.556. The molecule has 1 N–H and O–H groups in total. The summed E-state index contributed by atoms with van der Waals surface area (Å²) in [6.07, 6.45) is 3.65. The number of hydrogen-bond acceptors (Lipinski definition) is 4. The molecule has 2 rings (SSSR count). The minimum atomic E-state index is -0.817. The number of rotatable bonds is 5. The van der Waals surface area contributed by atoms with Crippen LogP contribution in [0.4, 0.5) is 0 Å². The zero-order valence-electron chi connectivity index (χ0n) is 14.0. The van der Waals surface area contributed by atoms with Crippen LogP contribution >= 0.6 is 0 Å². The number of esters is 1. The third-order valence-corrected chi connectivity index (χ3v) is 4.40. The third-order valence-electron chi connectivity index (χ3n) is 4.40. The van der Waals surface area contributed by atoms with Crippen molar-refractivity contribution in [2.24, 2.45) is 5.92 Å². The fourth-order valence-electron chi connectivity index (χ4n) is 2.86. The summed E-state index contributed by atoms with van der Waals surface area (Å²) in [5.74, 6) is 0.282. The second-order valence-electron chi connectivity index (χ2n) is 6.16. The van der Waals surface area contributed by atoms with Gasteiger partial charge in [0, 0.05) is 6.04 Å². The fourth-order valence-corrected chi connectivity index (χ4v) is 2.86. The monoisotopic (exact) mass is 319 g/mol. The van der Waals surface area contributed by atoms with E-state index in [-0.39, 0.29) is 11.9 Å². The van der Waals surface area contributed by atoms with Crippen LogP contribution < -0.4 is 10.1 Å². The molecule has 3 atom stereocenters. The van der Waals surface area contributed by atoms with Crippen molar-refractivity contribution in [3.05, 3.63) is 29.8 Å². The topological polar surface area (TPSA) is 64.6 Å². The molecule has 1 aliphatic carbocycles. The smallest absolute Gasteiger partial charge is 0.339 e. The van der Waals surface area contributed by atoms with Gasteiger partial charge in [-0.15, -0.1) is 0 Å². The molecule has 1 aromatic rings. The van der Waals surface area contributed by atoms with Gasteiger partial charge in [-0.05, 0) is 43.9 Å². The highest BCUT2D eigenvalue weighted by molar-refractivity contribution is 5.92. The average Bonchev–Trinajstić information content (AvgIpc) is 2.56. The molecular weight excluding hydrogens is 294 g/mol. The highest BCUT2D eigenvalue weighted by Crippen LogP contribution is 2.23. The summed E-state index contributed by atoms with van der Waals surface area (Å²) in [4.78, 5) is 24.4. The van der Waals surface area contributed by atoms with Crippen LogP contribution in [0.25, 0.3) is 0 Å². The summed E-state index contributed by atoms with van der Waals surface area (Å²) in [5.41, 5.74) is 0.370. The van der Waals surface area contributed by atoms with E-state index in [1.54, 1.807) is 31.2 Å². The van der Waals surface area contributed by atoms with Gasteiger partial charge in [0.15, 0.2) is 6.10 Å². The van der Waals surface area contributed by atoms with Gasteiger partial charge in [-0.1, -0.05) is 25.8 Å². The standard InChI is InChI=1S/C18H25NO4/c1-12-7-4-5-10-16(12)19-17(20)13(2)23-18(21)14-8-6-9-15(11-14)22-3/h6,8-9,11-13,16H,4-5,7,10H2,1-3H3,(H,19,20)/t12-,13+,16-/m0/s1. The SMILES string of the molecule is COc1cccc(C(=O)O[C@H](C)C(=O)N[C@H]2CCCC[C@@H]2C)c1. The lowest BCUT2D eigenvalue weighted by Gasteiger charge is -2.30. The Kier molecular flexibility index (Phi) is 6.02. The largest absolute Gasteiger partial charge is 0.497 e. The van der Waals surface area contributed by atoms with Gasteiger partial charge in [-0.25, -0.2) is 4.79 Å². The second-order valence-corrected chi connectivity index (χ2v) is 6.16. The zero-order chi connectivity index (χ0) is 16.8. The lowest BCUT2D eigenvalue weighted by Crippen LogP contribution is -2.45. The molecule has 1 aromatic carbocycles. The van der Waals surface area contributed by atoms with Crippen LogP contribution in [0.5, 0.6) is 5.75 Å². The van der Waals surface area contributed by atoms with E-state index in [4.69, 9.17) is 9.47 Å². The molecule has 0 heterocycles. The van der Waals surface area contributed by atoms with Crippen LogP contribution in [0.1, 0.15) is 49.9 Å². The molecule has 23 heavy (non-hydrogen) atoms. The molecule has 1 fully saturated rings. The Bertz CT molecular complexity index is 558. The highest BCUT2D eigenvalue weighted by atomic mass is 16.5. The predicted octanol–water partition coefficient (Wildman–Crippen LogP) is 2.94. The van der Waals surface area contributed by atoms with Crippen LogP contribution in [0.2, 0.25) is 0 Å². The first kappa shape index (κ1) is 17.3. The van der Waals surface area contributed by atoms with Crippen LogP contribution in [-0.2, 0) is 9.53 Å². The van der Waals surface area contributed by atoms with Crippen LogP contribution in [0.3, 0.4) is 0 Å². The summed E-state index contributed by atoms with van der Waals surface area (Å²) in [5, 5.41) is 3.01. The molecule has 1 aliphatic rings. The molecule has 0 bridgehead atoms. The predicted molar refractivity (Wildman–Crippen MR) is 87.4 cm³/mol. The first-order valence-electron chi connectivity index (χ1n) is 8.16. The van der Waals surface area contributed by atoms with Crippen molar-refractivity contribution >= 4 is 11.9 Å². The molecule has 1 amide bonds. The van der Waals surface area contributed by atoms with E-state index in [9.17, 15) is 9.59 Å². The number of carbonyl (C=O) groups is 2. The van der Waals surface area contributed by atoms with Gasteiger partial charge < -0.3 is 14.8 Å². The van der Waals surface area contributed by atoms with Gasteiger partial charge >= 0.3 is 5.97 Å². The lowest BCUT2D eigenvalue weighted by atomic mass is 9.86. The first-order valence-corrected chi connectivity index (χ1v) is 8.16.